The van der Waals surface area contributed by atoms with E-state index in [0.29, 0.717) is 11.4 Å². The predicted octanol–water partition coefficient (Wildman–Crippen LogP) is 11.4. The molecule has 0 spiro atoms. The molecule has 5 nitrogen and oxygen atoms in total. The lowest BCUT2D eigenvalue weighted by molar-refractivity contribution is 0.662. The van der Waals surface area contributed by atoms with Crippen molar-refractivity contribution in [2.45, 2.75) is 0 Å². The average Bonchev–Trinajstić information content (AvgIpc) is 3.90. The summed E-state index contributed by atoms with van der Waals surface area (Å²) < 4.78 is 11.5. The summed E-state index contributed by atoms with van der Waals surface area (Å²) in [6, 6.07) is 51.6. The van der Waals surface area contributed by atoms with Crippen molar-refractivity contribution >= 4 is 92.7 Å². The normalized spacial score (nSPS) is 12.5. The van der Waals surface area contributed by atoms with Crippen LogP contribution in [-0.2, 0) is 0 Å². The van der Waals surface area contributed by atoms with Crippen molar-refractivity contribution in [1.82, 2.24) is 18.9 Å². The Kier molecular flexibility index (Phi) is 4.66. The third-order valence-corrected chi connectivity index (χ3v) is 10.4. The Hall–Kier alpha value is -6.72. The Balaban J connectivity index is 1.39. The quantitative estimate of drug-likeness (QED) is 0.192. The molecule has 12 rings (SSSR count). The number of hydrogen-bond acceptors (Lipinski definition) is 3. The molecule has 12 aromatic rings. The van der Waals surface area contributed by atoms with E-state index in [0.717, 1.165) is 38.9 Å². The molecule has 226 valence electrons. The fraction of sp³-hybridized carbons (Fsp3) is 0. The molecule has 0 saturated heterocycles. The second-order valence-corrected chi connectivity index (χ2v) is 12.9. The van der Waals surface area contributed by atoms with Crippen LogP contribution in [0, 0.1) is 0 Å². The van der Waals surface area contributed by atoms with E-state index in [2.05, 4.69) is 118 Å². The zero-order valence-electron chi connectivity index (χ0n) is 26.1. The average molecular weight is 625 g/mol. The zero-order chi connectivity index (χ0) is 31.8. The third kappa shape index (κ3) is 3.15. The van der Waals surface area contributed by atoms with Crippen molar-refractivity contribution in [3.63, 3.8) is 0 Å². The van der Waals surface area contributed by atoms with Crippen LogP contribution in [0.5, 0.6) is 0 Å². The lowest BCUT2D eigenvalue weighted by Crippen LogP contribution is -2.02. The van der Waals surface area contributed by atoms with Gasteiger partial charge in [0.2, 0.25) is 0 Å². The van der Waals surface area contributed by atoms with E-state index >= 15 is 0 Å². The third-order valence-electron chi connectivity index (χ3n) is 10.4. The van der Waals surface area contributed by atoms with Crippen molar-refractivity contribution in [1.29, 1.82) is 0 Å². The molecule has 0 aliphatic rings. The number of aromatic nitrogens is 4. The van der Waals surface area contributed by atoms with E-state index in [-0.39, 0.29) is 0 Å². The van der Waals surface area contributed by atoms with Crippen molar-refractivity contribution in [2.24, 2.45) is 0 Å². The van der Waals surface area contributed by atoms with Gasteiger partial charge in [0.1, 0.15) is 11.1 Å². The summed E-state index contributed by atoms with van der Waals surface area (Å²) in [5.41, 5.74) is 9.06. The summed E-state index contributed by atoms with van der Waals surface area (Å²) in [7, 11) is 0. The Bertz CT molecular complexity index is 3330. The molecule has 5 heterocycles. The first-order valence-electron chi connectivity index (χ1n) is 16.6. The van der Waals surface area contributed by atoms with Gasteiger partial charge >= 0.3 is 0 Å². The van der Waals surface area contributed by atoms with Crippen LogP contribution in [0.4, 0.5) is 0 Å². The van der Waals surface area contributed by atoms with Gasteiger partial charge in [0.15, 0.2) is 17.2 Å². The number of furan rings is 1. The van der Waals surface area contributed by atoms with Crippen LogP contribution in [-0.4, -0.2) is 18.9 Å². The highest BCUT2D eigenvalue weighted by atomic mass is 16.3. The highest BCUT2D eigenvalue weighted by Crippen LogP contribution is 2.48. The van der Waals surface area contributed by atoms with Gasteiger partial charge in [-0.2, -0.15) is 0 Å². The van der Waals surface area contributed by atoms with Crippen LogP contribution in [0.2, 0.25) is 0 Å². The summed E-state index contributed by atoms with van der Waals surface area (Å²) in [4.78, 5) is 10.6. The fourth-order valence-corrected chi connectivity index (χ4v) is 8.44. The van der Waals surface area contributed by atoms with Crippen LogP contribution in [0.1, 0.15) is 0 Å². The molecular weight excluding hydrogens is 601 g/mol. The van der Waals surface area contributed by atoms with Crippen molar-refractivity contribution in [3.8, 4) is 17.2 Å². The molecule has 49 heavy (non-hydrogen) atoms. The van der Waals surface area contributed by atoms with Gasteiger partial charge in [0, 0.05) is 43.3 Å². The second-order valence-electron chi connectivity index (χ2n) is 12.9. The van der Waals surface area contributed by atoms with Crippen LogP contribution >= 0.6 is 0 Å². The molecule has 7 aromatic carbocycles. The Morgan fingerprint density at radius 1 is 0.469 bits per heavy atom. The number of rotatable bonds is 2. The van der Waals surface area contributed by atoms with Crippen molar-refractivity contribution in [3.05, 3.63) is 146 Å². The highest BCUT2D eigenvalue weighted by molar-refractivity contribution is 6.36. The second kappa shape index (κ2) is 9.00. The molecule has 0 amide bonds. The summed E-state index contributed by atoms with van der Waals surface area (Å²) in [6.07, 6.45) is 0. The van der Waals surface area contributed by atoms with Gasteiger partial charge in [-0.25, -0.2) is 9.97 Å². The maximum absolute atomic E-state index is 6.72. The van der Waals surface area contributed by atoms with E-state index < -0.39 is 0 Å². The summed E-state index contributed by atoms with van der Waals surface area (Å²) in [5, 5.41) is 10.7. The summed E-state index contributed by atoms with van der Waals surface area (Å²) in [6.45, 7) is 0. The molecular formula is C44H24N4O. The summed E-state index contributed by atoms with van der Waals surface area (Å²) >= 11 is 0. The molecule has 5 aromatic heterocycles. The van der Waals surface area contributed by atoms with Gasteiger partial charge in [-0.3, -0.25) is 4.57 Å². The van der Waals surface area contributed by atoms with E-state index in [1.807, 2.05) is 36.4 Å². The van der Waals surface area contributed by atoms with Gasteiger partial charge in [-0.1, -0.05) is 109 Å². The topological polar surface area (TPSA) is 48.3 Å². The van der Waals surface area contributed by atoms with Gasteiger partial charge in [-0.05, 0) is 47.2 Å². The Labute approximate surface area is 278 Å². The lowest BCUT2D eigenvalue weighted by Gasteiger charge is -2.11. The molecule has 0 radical (unpaired) electrons. The maximum atomic E-state index is 6.72. The summed E-state index contributed by atoms with van der Waals surface area (Å²) in [5.74, 6) is 1.40. The monoisotopic (exact) mass is 624 g/mol. The van der Waals surface area contributed by atoms with E-state index in [1.54, 1.807) is 0 Å². The van der Waals surface area contributed by atoms with Gasteiger partial charge in [0.25, 0.3) is 0 Å². The number of para-hydroxylation sites is 3. The fourth-order valence-electron chi connectivity index (χ4n) is 8.44. The highest BCUT2D eigenvalue weighted by Gasteiger charge is 2.27. The number of fused-ring (bicyclic) bond motifs is 15. The molecule has 5 heteroatoms. The minimum atomic E-state index is 0.664. The molecule has 0 bridgehead atoms. The lowest BCUT2D eigenvalue weighted by atomic mass is 10.0. The van der Waals surface area contributed by atoms with E-state index in [4.69, 9.17) is 14.4 Å². The van der Waals surface area contributed by atoms with Crippen molar-refractivity contribution < 1.29 is 4.42 Å². The first-order chi connectivity index (χ1) is 24.3. The van der Waals surface area contributed by atoms with E-state index in [9.17, 15) is 0 Å². The van der Waals surface area contributed by atoms with Crippen LogP contribution in [0.15, 0.2) is 150 Å². The Morgan fingerprint density at radius 2 is 1.16 bits per heavy atom. The molecule has 0 atom stereocenters. The van der Waals surface area contributed by atoms with Crippen LogP contribution < -0.4 is 0 Å². The van der Waals surface area contributed by atoms with Crippen molar-refractivity contribution in [2.75, 3.05) is 0 Å². The zero-order valence-corrected chi connectivity index (χ0v) is 26.1. The van der Waals surface area contributed by atoms with Gasteiger partial charge in [0.05, 0.1) is 27.6 Å². The van der Waals surface area contributed by atoms with Gasteiger partial charge in [-0.15, -0.1) is 0 Å². The number of benzene rings is 7. The first kappa shape index (κ1) is 25.4. The molecule has 0 aliphatic carbocycles. The minimum Gasteiger partial charge on any atom is -0.450 e. The predicted molar refractivity (Wildman–Crippen MR) is 201 cm³/mol. The number of hydrogen-bond donors (Lipinski definition) is 0. The largest absolute Gasteiger partial charge is 0.450 e. The van der Waals surface area contributed by atoms with Crippen LogP contribution in [0.25, 0.3) is 110 Å². The number of nitrogens with zero attached hydrogens (tertiary/aromatic N) is 4. The standard InChI is InChI=1S/C44H24N4O/c1-2-13-26(14-3-1)43-45-39-30-18-8-11-21-36(30)49-42(39)44(46-43)48-35-23-22-25-12-4-5-15-27(25)37(35)32-24-31-28-16-6-9-19-33(28)47-34-20-10-7-17-29(34)38(40(31)47)41(32)48/h1-24H. The smallest absolute Gasteiger partial charge is 0.197 e. The van der Waals surface area contributed by atoms with Crippen LogP contribution in [0.3, 0.4) is 0 Å². The molecule has 0 N–H and O–H groups in total. The Morgan fingerprint density at radius 3 is 2.02 bits per heavy atom. The van der Waals surface area contributed by atoms with E-state index in [1.165, 1.54) is 59.6 Å². The van der Waals surface area contributed by atoms with Gasteiger partial charge < -0.3 is 8.82 Å². The molecule has 0 unspecified atom stereocenters. The first-order valence-corrected chi connectivity index (χ1v) is 16.6. The minimum absolute atomic E-state index is 0.664. The maximum Gasteiger partial charge on any atom is 0.197 e. The SMILES string of the molecule is c1ccc(-c2nc(-n3c4ccc5ccccc5c4c4cc5c6ccccc6n6c7ccccc7c(c43)c56)c3oc4ccccc4c3n2)cc1. The molecule has 0 aliphatic heterocycles. The molecule has 0 saturated carbocycles. The molecule has 0 fully saturated rings.